The second-order valence-corrected chi connectivity index (χ2v) is 10.8. The van der Waals surface area contributed by atoms with Gasteiger partial charge in [-0.05, 0) is 74.9 Å². The number of fused-ring (bicyclic) bond motifs is 1. The van der Waals surface area contributed by atoms with E-state index < -0.39 is 0 Å². The van der Waals surface area contributed by atoms with Crippen molar-refractivity contribution >= 4 is 63.3 Å². The predicted octanol–water partition coefficient (Wildman–Crippen LogP) is 5.10. The predicted molar refractivity (Wildman–Crippen MR) is 161 cm³/mol. The topological polar surface area (TPSA) is 57.9 Å². The monoisotopic (exact) mass is 552 g/mol. The van der Waals surface area contributed by atoms with Crippen molar-refractivity contribution in [3.05, 3.63) is 115 Å². The van der Waals surface area contributed by atoms with Gasteiger partial charge in [0.1, 0.15) is 9.20 Å². The van der Waals surface area contributed by atoms with Crippen molar-refractivity contribution in [3.8, 4) is 5.69 Å². The lowest BCUT2D eigenvalue weighted by molar-refractivity contribution is -0.112. The maximum Gasteiger partial charge on any atom is 0.283 e. The zero-order valence-corrected chi connectivity index (χ0v) is 23.3. The minimum Gasteiger partial charge on any atom is -0.340 e. The van der Waals surface area contributed by atoms with Crippen LogP contribution < -0.4 is 24.7 Å². The lowest BCUT2D eigenvalue weighted by Crippen LogP contribution is -2.36. The normalized spacial score (nSPS) is 17.5. The number of para-hydroxylation sites is 1. The Morgan fingerprint density at radius 1 is 0.872 bits per heavy atom. The fraction of sp³-hybridized carbons (Fsp3) is 0.129. The number of hydrazone groups is 1. The van der Waals surface area contributed by atoms with Crippen LogP contribution >= 0.6 is 22.9 Å². The van der Waals surface area contributed by atoms with Crippen LogP contribution in [0.5, 0.6) is 0 Å². The molecule has 0 atom stereocenters. The van der Waals surface area contributed by atoms with E-state index in [1.54, 1.807) is 35.8 Å². The van der Waals surface area contributed by atoms with E-state index in [-0.39, 0.29) is 11.5 Å². The molecule has 8 heteroatoms. The molecule has 0 aliphatic carbocycles. The molecular formula is C31H25ClN4O2S. The second-order valence-electron chi connectivity index (χ2n) is 9.39. The van der Waals surface area contributed by atoms with Crippen LogP contribution in [0.15, 0.2) is 88.8 Å². The lowest BCUT2D eigenvalue weighted by Gasteiger charge is -2.28. The SMILES string of the molecule is CCN1C(=c2sc(=C3C(=O)N(c4ccc(Cl)cc4)N=C3C)n(-c3ccc(C)cc3)c2=O)C=Cc2ccccc21. The standard InChI is InChI=1S/C31H25ClN4O2S/c1-4-34-25-8-6-5-7-21(25)11-18-26(34)28-30(38)35(23-14-9-19(2)10-15-23)31(39-28)27-20(3)33-36(29(27)37)24-16-12-22(32)13-17-24/h5-18H,4H2,1-3H3. The van der Waals surface area contributed by atoms with Crippen LogP contribution in [0.1, 0.15) is 25.0 Å². The molecule has 0 N–H and O–H groups in total. The molecule has 2 aliphatic heterocycles. The van der Waals surface area contributed by atoms with Crippen LogP contribution in [-0.2, 0) is 4.79 Å². The number of amides is 1. The number of nitrogens with zero attached hydrogens (tertiary/aromatic N) is 4. The molecule has 0 spiro atoms. The van der Waals surface area contributed by atoms with Crippen molar-refractivity contribution < 1.29 is 4.79 Å². The number of benzene rings is 3. The number of rotatable bonds is 3. The number of halogens is 1. The highest BCUT2D eigenvalue weighted by Crippen LogP contribution is 2.31. The van der Waals surface area contributed by atoms with E-state index in [1.165, 1.54) is 16.3 Å². The summed E-state index contributed by atoms with van der Waals surface area (Å²) in [6.45, 7) is 6.56. The second kappa shape index (κ2) is 9.84. The van der Waals surface area contributed by atoms with Crippen molar-refractivity contribution in [2.45, 2.75) is 20.8 Å². The van der Waals surface area contributed by atoms with E-state index >= 15 is 0 Å². The minimum absolute atomic E-state index is 0.172. The Bertz CT molecular complexity index is 1870. The molecule has 1 aromatic heterocycles. The van der Waals surface area contributed by atoms with Crippen LogP contribution in [0.2, 0.25) is 5.02 Å². The summed E-state index contributed by atoms with van der Waals surface area (Å²) in [6.07, 6.45) is 4.03. The Kier molecular flexibility index (Phi) is 6.33. The van der Waals surface area contributed by atoms with Gasteiger partial charge < -0.3 is 4.90 Å². The number of carbonyl (C=O) groups excluding carboxylic acids is 1. The molecule has 39 heavy (non-hydrogen) atoms. The molecule has 3 aromatic carbocycles. The van der Waals surface area contributed by atoms with Gasteiger partial charge in [-0.15, -0.1) is 11.3 Å². The summed E-state index contributed by atoms with van der Waals surface area (Å²) in [5.74, 6) is -0.287. The number of thiazole rings is 1. The van der Waals surface area contributed by atoms with Gasteiger partial charge in [0.05, 0.1) is 28.4 Å². The smallest absolute Gasteiger partial charge is 0.283 e. The van der Waals surface area contributed by atoms with Crippen LogP contribution in [-0.4, -0.2) is 22.7 Å². The number of anilines is 2. The molecule has 0 fully saturated rings. The van der Waals surface area contributed by atoms with E-state index in [2.05, 4.69) is 29.1 Å². The van der Waals surface area contributed by atoms with Crippen LogP contribution in [0.3, 0.4) is 0 Å². The molecule has 0 saturated carbocycles. The summed E-state index contributed by atoms with van der Waals surface area (Å²) in [5.41, 5.74) is 6.13. The fourth-order valence-electron chi connectivity index (χ4n) is 4.94. The summed E-state index contributed by atoms with van der Waals surface area (Å²) in [6, 6.07) is 22.8. The first-order chi connectivity index (χ1) is 18.9. The van der Waals surface area contributed by atoms with Gasteiger partial charge in [0, 0.05) is 17.3 Å². The third-order valence-electron chi connectivity index (χ3n) is 6.88. The molecular weight excluding hydrogens is 528 g/mol. The van der Waals surface area contributed by atoms with Gasteiger partial charge in [0.25, 0.3) is 11.5 Å². The van der Waals surface area contributed by atoms with E-state index in [4.69, 9.17) is 11.6 Å². The molecule has 0 saturated heterocycles. The fourth-order valence-corrected chi connectivity index (χ4v) is 6.34. The first kappa shape index (κ1) is 25.1. The van der Waals surface area contributed by atoms with Crippen molar-refractivity contribution in [2.75, 3.05) is 16.5 Å². The molecule has 6 nitrogen and oxygen atoms in total. The summed E-state index contributed by atoms with van der Waals surface area (Å²) < 4.78 is 2.76. The van der Waals surface area contributed by atoms with Gasteiger partial charge in [-0.2, -0.15) is 10.1 Å². The molecule has 1 amide bonds. The van der Waals surface area contributed by atoms with Crippen LogP contribution in [0.4, 0.5) is 11.4 Å². The van der Waals surface area contributed by atoms with E-state index in [0.29, 0.717) is 43.4 Å². The first-order valence-electron chi connectivity index (χ1n) is 12.6. The minimum atomic E-state index is -0.287. The van der Waals surface area contributed by atoms with E-state index in [1.807, 2.05) is 55.5 Å². The largest absolute Gasteiger partial charge is 0.340 e. The van der Waals surface area contributed by atoms with Gasteiger partial charge in [0.2, 0.25) is 0 Å². The summed E-state index contributed by atoms with van der Waals surface area (Å²) >= 11 is 7.39. The average Bonchev–Trinajstić information content (AvgIpc) is 3.43. The van der Waals surface area contributed by atoms with Gasteiger partial charge >= 0.3 is 0 Å². The number of hydrogen-bond donors (Lipinski definition) is 0. The molecule has 2 aliphatic rings. The highest BCUT2D eigenvalue weighted by Gasteiger charge is 2.32. The number of carbonyl (C=O) groups is 1. The van der Waals surface area contributed by atoms with E-state index in [9.17, 15) is 9.59 Å². The maximum absolute atomic E-state index is 14.2. The van der Waals surface area contributed by atoms with E-state index in [0.717, 1.165) is 22.5 Å². The summed E-state index contributed by atoms with van der Waals surface area (Å²) in [4.78, 5) is 30.2. The van der Waals surface area contributed by atoms with Crippen molar-refractivity contribution in [1.29, 1.82) is 0 Å². The Labute approximate surface area is 234 Å². The molecule has 0 bridgehead atoms. The molecule has 194 valence electrons. The van der Waals surface area contributed by atoms with Gasteiger partial charge in [-0.1, -0.05) is 53.6 Å². The molecule has 3 heterocycles. The zero-order valence-electron chi connectivity index (χ0n) is 21.7. The third-order valence-corrected chi connectivity index (χ3v) is 8.30. The number of likely N-dealkylation sites (N-methyl/N-ethyl adjacent to an activating group) is 1. The first-order valence-corrected chi connectivity index (χ1v) is 13.8. The number of aromatic nitrogens is 1. The molecule has 0 unspecified atom stereocenters. The number of hydrogen-bond acceptors (Lipinski definition) is 5. The quantitative estimate of drug-likeness (QED) is 0.355. The highest BCUT2D eigenvalue weighted by molar-refractivity contribution is 7.08. The summed E-state index contributed by atoms with van der Waals surface area (Å²) in [5, 5.41) is 6.51. The van der Waals surface area contributed by atoms with Gasteiger partial charge in [-0.25, -0.2) is 0 Å². The Morgan fingerprint density at radius 2 is 1.56 bits per heavy atom. The molecule has 4 aromatic rings. The van der Waals surface area contributed by atoms with Gasteiger partial charge in [-0.3, -0.25) is 14.2 Å². The average molecular weight is 553 g/mol. The number of aryl methyl sites for hydroxylation is 1. The Hall–Kier alpha value is -4.20. The Morgan fingerprint density at radius 3 is 2.28 bits per heavy atom. The lowest BCUT2D eigenvalue weighted by atomic mass is 10.1. The van der Waals surface area contributed by atoms with Crippen molar-refractivity contribution in [1.82, 2.24) is 4.57 Å². The van der Waals surface area contributed by atoms with Crippen LogP contribution in [0, 0.1) is 6.92 Å². The Balaban J connectivity index is 1.65. The maximum atomic E-state index is 14.2. The molecule has 6 rings (SSSR count). The third kappa shape index (κ3) is 4.24. The summed E-state index contributed by atoms with van der Waals surface area (Å²) in [7, 11) is 0. The highest BCUT2D eigenvalue weighted by atomic mass is 35.5. The zero-order chi connectivity index (χ0) is 27.3. The van der Waals surface area contributed by atoms with Gasteiger partial charge in [0.15, 0.2) is 0 Å². The van der Waals surface area contributed by atoms with Crippen molar-refractivity contribution in [2.24, 2.45) is 5.10 Å². The van der Waals surface area contributed by atoms with Crippen LogP contribution in [0.25, 0.3) is 23.0 Å². The molecule has 0 radical (unpaired) electrons. The van der Waals surface area contributed by atoms with Crippen molar-refractivity contribution in [3.63, 3.8) is 0 Å².